The number of rotatable bonds is 54. The van der Waals surface area contributed by atoms with Crippen molar-refractivity contribution in [3.05, 3.63) is 69.8 Å². The number of carbonyl (C=O) groups excluding carboxylic acids is 3. The van der Waals surface area contributed by atoms with Gasteiger partial charge in [-0.1, -0.05) is 0 Å². The monoisotopic (exact) mass is 1310 g/mol. The van der Waals surface area contributed by atoms with Gasteiger partial charge in [0.15, 0.2) is 0 Å². The molecule has 0 aliphatic rings. The minimum absolute atomic E-state index is 0.115. The van der Waals surface area contributed by atoms with Gasteiger partial charge in [0.1, 0.15) is 34.5 Å². The number of methoxy groups -OCH3 is 6. The number of benzene rings is 4. The number of nitrogens with two attached hydrogens (primary N) is 3. The molecule has 27 nitrogen and oxygen atoms in total. The van der Waals surface area contributed by atoms with Gasteiger partial charge in [0.25, 0.3) is 17.7 Å². The molecular formula is C66H102N6O21. The van der Waals surface area contributed by atoms with Gasteiger partial charge in [-0.15, -0.1) is 0 Å². The Balaban J connectivity index is 1.76. The van der Waals surface area contributed by atoms with E-state index in [4.69, 9.17) is 103 Å². The lowest BCUT2D eigenvalue weighted by Gasteiger charge is -2.27. The fourth-order valence-corrected chi connectivity index (χ4v) is 9.85. The molecule has 0 bridgehead atoms. The quantitative estimate of drug-likeness (QED) is 0.0127. The second-order valence-corrected chi connectivity index (χ2v) is 20.7. The fraction of sp³-hybridized carbons (Fsp3) is 0.591. The van der Waals surface area contributed by atoms with Crippen molar-refractivity contribution < 1.29 is 99.6 Å². The van der Waals surface area contributed by atoms with E-state index < -0.39 is 17.7 Å². The standard InChI is InChI=1S/C66H102N6O21/c1-46-61(49-40-52(64(73)70-67)58(43-55(49)79-7)91-19-13-10-16-82-28-31-88-37-34-85-25-22-76-4)47(2)63(51-42-54(66(75)72-69)60(45-57(51)81-9)93-21-15-12-18-84-30-33-90-39-36-87-27-24-78-6)48(3)62(46)50-41-53(65(74)71-68)59(44-56(50)80-8)92-20-14-11-17-83-29-32-89-38-35-86-26-23-77-5/h40-45H,10-39,67-69H2,1-9H3,(H,70,73)(H,71,74)(H,72,75). The predicted octanol–water partition coefficient (Wildman–Crippen LogP) is 6.01. The Morgan fingerprint density at radius 3 is 0.699 bits per heavy atom. The van der Waals surface area contributed by atoms with E-state index in [0.29, 0.717) is 245 Å². The summed E-state index contributed by atoms with van der Waals surface area (Å²) in [5.74, 6) is 17.4. The second-order valence-electron chi connectivity index (χ2n) is 20.7. The highest BCUT2D eigenvalue weighted by Crippen LogP contribution is 2.51. The van der Waals surface area contributed by atoms with Gasteiger partial charge in [0.05, 0.1) is 177 Å². The van der Waals surface area contributed by atoms with Crippen LogP contribution in [0.15, 0.2) is 36.4 Å². The molecule has 4 aromatic carbocycles. The van der Waals surface area contributed by atoms with E-state index in [1.165, 1.54) is 21.3 Å². The summed E-state index contributed by atoms with van der Waals surface area (Å²) < 4.78 is 103. The van der Waals surface area contributed by atoms with Crippen LogP contribution in [-0.4, -0.2) is 219 Å². The number of carbonyl (C=O) groups is 3. The zero-order chi connectivity index (χ0) is 67.4. The Kier molecular flexibility index (Phi) is 40.2. The summed E-state index contributed by atoms with van der Waals surface area (Å²) in [5, 5.41) is 0. The van der Waals surface area contributed by atoms with Gasteiger partial charge in [-0.3, -0.25) is 30.7 Å². The first-order chi connectivity index (χ1) is 45.4. The minimum atomic E-state index is -0.629. The van der Waals surface area contributed by atoms with Crippen molar-refractivity contribution in [3.63, 3.8) is 0 Å². The molecular weight excluding hydrogens is 1210 g/mol. The van der Waals surface area contributed by atoms with Gasteiger partial charge in [0.2, 0.25) is 0 Å². The predicted molar refractivity (Wildman–Crippen MR) is 349 cm³/mol. The van der Waals surface area contributed by atoms with Gasteiger partial charge in [0, 0.05) is 76.0 Å². The minimum Gasteiger partial charge on any atom is -0.496 e. The lowest BCUT2D eigenvalue weighted by Crippen LogP contribution is -2.30. The number of nitrogen functional groups attached to an aromatic ring is 3. The number of hydrogen-bond donors (Lipinski definition) is 6. The maximum Gasteiger partial charge on any atom is 0.268 e. The topological polar surface area (TPSA) is 331 Å². The van der Waals surface area contributed by atoms with Crippen molar-refractivity contribution in [1.29, 1.82) is 0 Å². The third-order valence-corrected chi connectivity index (χ3v) is 14.4. The molecule has 0 aliphatic carbocycles. The highest BCUT2D eigenvalue weighted by atomic mass is 16.6. The van der Waals surface area contributed by atoms with Crippen molar-refractivity contribution in [2.45, 2.75) is 59.3 Å². The van der Waals surface area contributed by atoms with Crippen molar-refractivity contribution in [1.82, 2.24) is 16.3 Å². The van der Waals surface area contributed by atoms with Crippen molar-refractivity contribution >= 4 is 17.7 Å². The third-order valence-electron chi connectivity index (χ3n) is 14.4. The van der Waals surface area contributed by atoms with Gasteiger partial charge in [-0.05, 0) is 111 Å². The molecule has 0 saturated carbocycles. The molecule has 0 aliphatic heterocycles. The molecule has 0 atom stereocenters. The summed E-state index contributed by atoms with van der Waals surface area (Å²) in [6.07, 6.45) is 3.77. The highest BCUT2D eigenvalue weighted by Gasteiger charge is 2.30. The molecule has 0 heterocycles. The largest absolute Gasteiger partial charge is 0.496 e. The fourth-order valence-electron chi connectivity index (χ4n) is 9.85. The van der Waals surface area contributed by atoms with E-state index in [2.05, 4.69) is 16.3 Å². The Labute approximate surface area is 547 Å². The molecule has 93 heavy (non-hydrogen) atoms. The summed E-state index contributed by atoms with van der Waals surface area (Å²) in [6, 6.07) is 9.91. The number of hydrazine groups is 3. The van der Waals surface area contributed by atoms with Gasteiger partial charge in [-0.25, -0.2) is 17.5 Å². The molecule has 0 spiro atoms. The van der Waals surface area contributed by atoms with E-state index in [9.17, 15) is 14.4 Å². The SMILES string of the molecule is COCCOCCOCCOCCCCOc1cc(OC)c(-c2c(C)c(-c3cc(C(=O)NN)c(OCCCCOCCOCCOCCOC)cc3OC)c(C)c(-c3cc(C(=O)NN)c(OCCCCOCCOCCOCCOC)cc3OC)c2C)cc1C(=O)NN. The Morgan fingerprint density at radius 1 is 0.290 bits per heavy atom. The zero-order valence-corrected chi connectivity index (χ0v) is 56.0. The molecule has 0 aromatic heterocycles. The average molecular weight is 1320 g/mol. The first-order valence-corrected chi connectivity index (χ1v) is 31.3. The first kappa shape index (κ1) is 78.9. The number of nitrogens with one attached hydrogen (secondary N) is 3. The maximum absolute atomic E-state index is 13.9. The van der Waals surface area contributed by atoms with Gasteiger partial charge < -0.3 is 85.3 Å². The lowest BCUT2D eigenvalue weighted by atomic mass is 9.79. The van der Waals surface area contributed by atoms with Gasteiger partial charge >= 0.3 is 0 Å². The molecule has 9 N–H and O–H groups in total. The van der Waals surface area contributed by atoms with Crippen LogP contribution in [0, 0.1) is 20.8 Å². The summed E-state index contributed by atoms with van der Waals surface area (Å²) in [6.45, 7) is 16.2. The van der Waals surface area contributed by atoms with Crippen LogP contribution in [-0.2, 0) is 56.8 Å². The molecule has 0 radical (unpaired) electrons. The normalized spacial score (nSPS) is 11.2. The number of amides is 3. The first-order valence-electron chi connectivity index (χ1n) is 31.3. The van der Waals surface area contributed by atoms with E-state index in [0.717, 1.165) is 0 Å². The van der Waals surface area contributed by atoms with Crippen LogP contribution < -0.4 is 62.2 Å². The van der Waals surface area contributed by atoms with E-state index in [1.807, 2.05) is 20.8 Å². The van der Waals surface area contributed by atoms with E-state index >= 15 is 0 Å². The zero-order valence-electron chi connectivity index (χ0n) is 56.0. The molecule has 0 fully saturated rings. The summed E-state index contributed by atoms with van der Waals surface area (Å²) in [4.78, 5) is 41.7. The molecule has 4 aromatic rings. The molecule has 0 unspecified atom stereocenters. The van der Waals surface area contributed by atoms with Crippen LogP contribution in [0.4, 0.5) is 0 Å². The summed E-state index contributed by atoms with van der Waals surface area (Å²) >= 11 is 0. The number of hydrogen-bond acceptors (Lipinski definition) is 24. The van der Waals surface area contributed by atoms with Crippen LogP contribution in [0.1, 0.15) is 86.3 Å². The van der Waals surface area contributed by atoms with E-state index in [-0.39, 0.29) is 53.8 Å². The number of unbranched alkanes of at least 4 members (excludes halogenated alkanes) is 3. The van der Waals surface area contributed by atoms with Crippen LogP contribution in [0.3, 0.4) is 0 Å². The Hall–Kier alpha value is -6.51. The van der Waals surface area contributed by atoms with Crippen LogP contribution >= 0.6 is 0 Å². The average Bonchev–Trinajstić information content (AvgIpc) is 0.733. The maximum atomic E-state index is 13.9. The van der Waals surface area contributed by atoms with Crippen LogP contribution in [0.5, 0.6) is 34.5 Å². The highest BCUT2D eigenvalue weighted by molar-refractivity contribution is 6.04. The van der Waals surface area contributed by atoms with E-state index in [1.54, 1.807) is 57.7 Å². The van der Waals surface area contributed by atoms with Crippen LogP contribution in [0.25, 0.3) is 33.4 Å². The molecule has 3 amide bonds. The molecule has 0 saturated heterocycles. The Morgan fingerprint density at radius 2 is 0.495 bits per heavy atom. The number of ether oxygens (including phenoxy) is 18. The second kappa shape index (κ2) is 47.4. The summed E-state index contributed by atoms with van der Waals surface area (Å²) in [5.41, 5.74) is 12.4. The molecule has 27 heteroatoms. The van der Waals surface area contributed by atoms with Crippen molar-refractivity contribution in [2.75, 3.05) is 201 Å². The van der Waals surface area contributed by atoms with Crippen LogP contribution in [0.2, 0.25) is 0 Å². The third kappa shape index (κ3) is 26.7. The molecule has 4 rings (SSSR count). The van der Waals surface area contributed by atoms with Crippen molar-refractivity contribution in [2.24, 2.45) is 17.5 Å². The lowest BCUT2D eigenvalue weighted by molar-refractivity contribution is 0.00304. The Bertz CT molecular complexity index is 2500. The molecule has 522 valence electrons. The van der Waals surface area contributed by atoms with Gasteiger partial charge in [-0.2, -0.15) is 0 Å². The van der Waals surface area contributed by atoms with Crippen molar-refractivity contribution in [3.8, 4) is 67.9 Å². The smallest absolute Gasteiger partial charge is 0.268 e. The summed E-state index contributed by atoms with van der Waals surface area (Å²) in [7, 11) is 9.41.